The molecule has 1 N–H and O–H groups in total. The quantitative estimate of drug-likeness (QED) is 0.711. The van der Waals surface area contributed by atoms with Gasteiger partial charge in [-0.05, 0) is 24.1 Å². The van der Waals surface area contributed by atoms with E-state index in [0.717, 1.165) is 11.1 Å². The first kappa shape index (κ1) is 16.9. The molecule has 0 unspecified atom stereocenters. The molecular weight excluding hydrogens is 313 g/mol. The van der Waals surface area contributed by atoms with Crippen LogP contribution in [-0.2, 0) is 4.79 Å². The average Bonchev–Trinajstić information content (AvgIpc) is 2.64. The summed E-state index contributed by atoms with van der Waals surface area (Å²) < 4.78 is 14.0. The van der Waals surface area contributed by atoms with Gasteiger partial charge < -0.3 is 5.32 Å². The van der Waals surface area contributed by atoms with Crippen LogP contribution >= 0.6 is 0 Å². The summed E-state index contributed by atoms with van der Waals surface area (Å²) in [5.41, 5.74) is 2.30. The van der Waals surface area contributed by atoms with E-state index < -0.39 is 12.0 Å². The zero-order valence-corrected chi connectivity index (χ0v) is 14.0. The van der Waals surface area contributed by atoms with Crippen LogP contribution in [0.2, 0.25) is 0 Å². The lowest BCUT2D eigenvalue weighted by molar-refractivity contribution is -0.122. The molecule has 2 nitrogen and oxygen atoms in total. The van der Waals surface area contributed by atoms with Gasteiger partial charge in [-0.1, -0.05) is 78.9 Å². The van der Waals surface area contributed by atoms with Crippen LogP contribution < -0.4 is 5.32 Å². The van der Waals surface area contributed by atoms with Gasteiger partial charge in [-0.25, -0.2) is 4.39 Å². The molecule has 0 aliphatic rings. The van der Waals surface area contributed by atoms with E-state index in [0.29, 0.717) is 5.56 Å². The lowest BCUT2D eigenvalue weighted by Crippen LogP contribution is -2.32. The highest BCUT2D eigenvalue weighted by atomic mass is 19.1. The Hall–Kier alpha value is -2.94. The molecule has 1 amide bonds. The summed E-state index contributed by atoms with van der Waals surface area (Å²) in [7, 11) is 0. The fraction of sp³-hybridized carbons (Fsp3) is 0.136. The second-order valence-electron chi connectivity index (χ2n) is 6.01. The minimum atomic E-state index is -0.434. The van der Waals surface area contributed by atoms with E-state index >= 15 is 0 Å². The Kier molecular flexibility index (Phi) is 5.24. The van der Waals surface area contributed by atoms with Gasteiger partial charge in [0.15, 0.2) is 0 Å². The maximum absolute atomic E-state index is 14.0. The molecule has 0 heterocycles. The fourth-order valence-corrected chi connectivity index (χ4v) is 2.99. The van der Waals surface area contributed by atoms with Crippen molar-refractivity contribution in [3.63, 3.8) is 0 Å². The van der Waals surface area contributed by atoms with Crippen LogP contribution in [-0.4, -0.2) is 5.91 Å². The Morgan fingerprint density at radius 2 is 1.28 bits per heavy atom. The van der Waals surface area contributed by atoms with Crippen molar-refractivity contribution < 1.29 is 9.18 Å². The molecule has 0 fully saturated rings. The van der Waals surface area contributed by atoms with Crippen LogP contribution in [0, 0.1) is 5.82 Å². The van der Waals surface area contributed by atoms with Gasteiger partial charge in [0.2, 0.25) is 5.91 Å². The third-order valence-corrected chi connectivity index (χ3v) is 4.26. The summed E-state index contributed by atoms with van der Waals surface area (Å²) >= 11 is 0. The predicted molar refractivity (Wildman–Crippen MR) is 97.7 cm³/mol. The third-order valence-electron chi connectivity index (χ3n) is 4.26. The van der Waals surface area contributed by atoms with Crippen LogP contribution in [0.3, 0.4) is 0 Å². The summed E-state index contributed by atoms with van der Waals surface area (Å²) in [6.45, 7) is 1.80. The molecule has 0 aliphatic carbocycles. The van der Waals surface area contributed by atoms with Gasteiger partial charge in [0.25, 0.3) is 0 Å². The van der Waals surface area contributed by atoms with Crippen molar-refractivity contribution in [2.45, 2.75) is 18.9 Å². The smallest absolute Gasteiger partial charge is 0.232 e. The molecule has 1 atom stereocenters. The topological polar surface area (TPSA) is 29.1 Å². The second kappa shape index (κ2) is 7.75. The van der Waals surface area contributed by atoms with Crippen LogP contribution in [0.5, 0.6) is 0 Å². The number of rotatable bonds is 5. The van der Waals surface area contributed by atoms with E-state index in [1.54, 1.807) is 25.1 Å². The fourth-order valence-electron chi connectivity index (χ4n) is 2.99. The number of hydrogen-bond acceptors (Lipinski definition) is 1. The Morgan fingerprint density at radius 1 is 0.800 bits per heavy atom. The Labute approximate surface area is 147 Å². The minimum absolute atomic E-state index is 0.145. The summed E-state index contributed by atoms with van der Waals surface area (Å²) in [6, 6.07) is 25.4. The van der Waals surface area contributed by atoms with Gasteiger partial charge in [0.05, 0.1) is 12.0 Å². The number of amides is 1. The SMILES string of the molecule is C[C@H](NC(=O)C(c1ccccc1)c1ccccc1)c1ccccc1F. The van der Waals surface area contributed by atoms with Crippen LogP contribution in [0.25, 0.3) is 0 Å². The largest absolute Gasteiger partial charge is 0.349 e. The highest BCUT2D eigenvalue weighted by Gasteiger charge is 2.24. The molecule has 0 radical (unpaired) electrons. The van der Waals surface area contributed by atoms with Crippen molar-refractivity contribution in [1.82, 2.24) is 5.32 Å². The summed E-state index contributed by atoms with van der Waals surface area (Å²) in [5, 5.41) is 2.96. The number of hydrogen-bond donors (Lipinski definition) is 1. The number of carbonyl (C=O) groups is 1. The molecule has 0 saturated heterocycles. The molecule has 3 rings (SSSR count). The van der Waals surface area contributed by atoms with Crippen molar-refractivity contribution in [3.8, 4) is 0 Å². The van der Waals surface area contributed by atoms with Gasteiger partial charge >= 0.3 is 0 Å². The van der Waals surface area contributed by atoms with Crippen molar-refractivity contribution in [3.05, 3.63) is 107 Å². The third kappa shape index (κ3) is 3.94. The molecule has 0 spiro atoms. The molecule has 0 aliphatic heterocycles. The normalized spacial score (nSPS) is 12.0. The molecule has 3 heteroatoms. The zero-order chi connectivity index (χ0) is 17.6. The van der Waals surface area contributed by atoms with Gasteiger partial charge in [-0.2, -0.15) is 0 Å². The highest BCUT2D eigenvalue weighted by Crippen LogP contribution is 2.26. The first-order valence-corrected chi connectivity index (χ1v) is 8.31. The molecule has 25 heavy (non-hydrogen) atoms. The number of benzene rings is 3. The van der Waals surface area contributed by atoms with E-state index in [1.165, 1.54) is 6.07 Å². The molecular formula is C22H20FNO. The van der Waals surface area contributed by atoms with E-state index in [9.17, 15) is 9.18 Å². The highest BCUT2D eigenvalue weighted by molar-refractivity contribution is 5.87. The summed E-state index contributed by atoms with van der Waals surface area (Å²) in [5.74, 6) is -0.893. The Balaban J connectivity index is 1.89. The maximum Gasteiger partial charge on any atom is 0.232 e. The van der Waals surface area contributed by atoms with E-state index in [4.69, 9.17) is 0 Å². The van der Waals surface area contributed by atoms with Crippen LogP contribution in [0.15, 0.2) is 84.9 Å². The van der Waals surface area contributed by atoms with Crippen LogP contribution in [0.1, 0.15) is 35.6 Å². The van der Waals surface area contributed by atoms with Crippen molar-refractivity contribution >= 4 is 5.91 Å². The average molecular weight is 333 g/mol. The summed E-state index contributed by atoms with van der Waals surface area (Å²) in [4.78, 5) is 13.0. The lowest BCUT2D eigenvalue weighted by Gasteiger charge is -2.21. The second-order valence-corrected chi connectivity index (χ2v) is 6.01. The molecule has 0 saturated carbocycles. The lowest BCUT2D eigenvalue weighted by atomic mass is 9.90. The zero-order valence-electron chi connectivity index (χ0n) is 14.0. The Morgan fingerprint density at radius 3 is 1.80 bits per heavy atom. The summed E-state index contributed by atoms with van der Waals surface area (Å²) in [6.07, 6.45) is 0. The van der Waals surface area contributed by atoms with Crippen molar-refractivity contribution in [2.75, 3.05) is 0 Å². The van der Waals surface area contributed by atoms with E-state index in [-0.39, 0.29) is 11.7 Å². The molecule has 3 aromatic carbocycles. The van der Waals surface area contributed by atoms with Gasteiger partial charge in [-0.15, -0.1) is 0 Å². The van der Waals surface area contributed by atoms with E-state index in [1.807, 2.05) is 60.7 Å². The number of nitrogens with one attached hydrogen (secondary N) is 1. The first-order valence-electron chi connectivity index (χ1n) is 8.31. The molecule has 0 bridgehead atoms. The van der Waals surface area contributed by atoms with Crippen molar-refractivity contribution in [2.24, 2.45) is 0 Å². The van der Waals surface area contributed by atoms with Crippen molar-refractivity contribution in [1.29, 1.82) is 0 Å². The van der Waals surface area contributed by atoms with E-state index in [2.05, 4.69) is 5.32 Å². The minimum Gasteiger partial charge on any atom is -0.349 e. The van der Waals surface area contributed by atoms with Crippen LogP contribution in [0.4, 0.5) is 4.39 Å². The monoisotopic (exact) mass is 333 g/mol. The van der Waals surface area contributed by atoms with Gasteiger partial charge in [0, 0.05) is 5.56 Å². The van der Waals surface area contributed by atoms with Gasteiger partial charge in [0.1, 0.15) is 5.82 Å². The standard InChI is InChI=1S/C22H20FNO/c1-16(19-14-8-9-15-20(19)23)24-22(25)21(17-10-4-2-5-11-17)18-12-6-3-7-13-18/h2-16,21H,1H3,(H,24,25)/t16-/m0/s1. The molecule has 3 aromatic rings. The number of halogens is 1. The predicted octanol–water partition coefficient (Wildman–Crippen LogP) is 4.84. The maximum atomic E-state index is 14.0. The number of carbonyl (C=O) groups excluding carboxylic acids is 1. The molecule has 126 valence electrons. The molecule has 0 aromatic heterocycles. The van der Waals surface area contributed by atoms with Gasteiger partial charge in [-0.3, -0.25) is 4.79 Å². The Bertz CT molecular complexity index is 793. The first-order chi connectivity index (χ1) is 12.2.